The zero-order valence-electron chi connectivity index (χ0n) is 11.8. The van der Waals surface area contributed by atoms with Crippen LogP contribution in [0, 0.1) is 0 Å². The van der Waals surface area contributed by atoms with Gasteiger partial charge in [0.2, 0.25) is 10.0 Å². The molecule has 2 N–H and O–H groups in total. The first kappa shape index (κ1) is 16.9. The molecule has 1 heterocycles. The highest BCUT2D eigenvalue weighted by atomic mass is 35.5. The number of benzene rings is 1. The summed E-state index contributed by atoms with van der Waals surface area (Å²) < 4.78 is 27.2. The summed E-state index contributed by atoms with van der Waals surface area (Å²) in [5.74, 6) is -0.189. The molecule has 0 radical (unpaired) electrons. The van der Waals surface area contributed by atoms with Crippen molar-refractivity contribution in [2.75, 3.05) is 6.61 Å². The van der Waals surface area contributed by atoms with Crippen LogP contribution >= 0.6 is 11.6 Å². The number of pyridine rings is 1. The van der Waals surface area contributed by atoms with Gasteiger partial charge in [0.05, 0.1) is 5.75 Å². The summed E-state index contributed by atoms with van der Waals surface area (Å²) in [5, 5.41) is 9.47. The van der Waals surface area contributed by atoms with E-state index in [0.717, 1.165) is 5.56 Å². The molecule has 22 heavy (non-hydrogen) atoms. The van der Waals surface area contributed by atoms with Crippen LogP contribution in [-0.4, -0.2) is 25.1 Å². The van der Waals surface area contributed by atoms with Gasteiger partial charge >= 0.3 is 0 Å². The van der Waals surface area contributed by atoms with E-state index in [1.807, 2.05) is 30.3 Å². The molecule has 0 fully saturated rings. The van der Waals surface area contributed by atoms with E-state index in [2.05, 4.69) is 9.71 Å². The van der Waals surface area contributed by atoms with Crippen molar-refractivity contribution in [3.05, 3.63) is 64.9 Å². The van der Waals surface area contributed by atoms with E-state index in [4.69, 9.17) is 16.7 Å². The van der Waals surface area contributed by atoms with E-state index in [-0.39, 0.29) is 12.4 Å². The number of hydrogen-bond acceptors (Lipinski definition) is 4. The predicted octanol–water partition coefficient (Wildman–Crippen LogP) is 2.28. The van der Waals surface area contributed by atoms with E-state index in [0.29, 0.717) is 17.1 Å². The minimum absolute atomic E-state index is 0.107. The van der Waals surface area contributed by atoms with E-state index in [1.165, 1.54) is 6.20 Å². The fourth-order valence-corrected chi connectivity index (χ4v) is 3.57. The Balaban J connectivity index is 2.12. The van der Waals surface area contributed by atoms with Crippen molar-refractivity contribution in [2.45, 2.75) is 18.2 Å². The molecular formula is C15H17ClN2O3S. The van der Waals surface area contributed by atoms with Crippen molar-refractivity contribution in [1.82, 2.24) is 9.71 Å². The number of aromatic nitrogens is 1. The standard InChI is InChI=1S/C15H17ClN2O3S/c16-15-7-6-12(10-17-15)11-22(20,21)18-14(8-9-19)13-4-2-1-3-5-13/h1-7,10,14,18-19H,8-9,11H2/t14-/m1/s1. The summed E-state index contributed by atoms with van der Waals surface area (Å²) in [4.78, 5) is 3.87. The Hall–Kier alpha value is -1.47. The zero-order chi connectivity index (χ0) is 16.0. The van der Waals surface area contributed by atoms with E-state index in [9.17, 15) is 8.42 Å². The number of aliphatic hydroxyl groups excluding tert-OH is 1. The molecule has 1 atom stereocenters. The van der Waals surface area contributed by atoms with Crippen LogP contribution in [0.15, 0.2) is 48.7 Å². The van der Waals surface area contributed by atoms with Crippen LogP contribution in [0.25, 0.3) is 0 Å². The van der Waals surface area contributed by atoms with Gasteiger partial charge in [0.25, 0.3) is 0 Å². The largest absolute Gasteiger partial charge is 0.396 e. The molecule has 0 bridgehead atoms. The van der Waals surface area contributed by atoms with Gasteiger partial charge in [-0.05, 0) is 23.6 Å². The summed E-state index contributed by atoms with van der Waals surface area (Å²) in [7, 11) is -3.56. The Bertz CT molecular complexity index is 690. The van der Waals surface area contributed by atoms with Crippen molar-refractivity contribution in [3.8, 4) is 0 Å². The third-order valence-corrected chi connectivity index (χ3v) is 4.67. The van der Waals surface area contributed by atoms with Crippen LogP contribution in [0.3, 0.4) is 0 Å². The monoisotopic (exact) mass is 340 g/mol. The maximum atomic E-state index is 12.3. The van der Waals surface area contributed by atoms with Gasteiger partial charge in [-0.25, -0.2) is 18.1 Å². The smallest absolute Gasteiger partial charge is 0.216 e. The van der Waals surface area contributed by atoms with Crippen molar-refractivity contribution < 1.29 is 13.5 Å². The number of rotatable bonds is 7. The molecule has 0 amide bonds. The molecule has 1 aromatic carbocycles. The lowest BCUT2D eigenvalue weighted by Gasteiger charge is -2.18. The molecule has 0 aliphatic heterocycles. The van der Waals surface area contributed by atoms with Gasteiger partial charge in [-0.1, -0.05) is 48.0 Å². The number of halogens is 1. The summed E-state index contributed by atoms with van der Waals surface area (Å²) in [5.41, 5.74) is 1.36. The molecule has 5 nitrogen and oxygen atoms in total. The molecule has 0 saturated carbocycles. The minimum Gasteiger partial charge on any atom is -0.396 e. The Morgan fingerprint density at radius 1 is 1.18 bits per heavy atom. The van der Waals surface area contributed by atoms with Gasteiger partial charge in [0, 0.05) is 18.8 Å². The first-order valence-electron chi connectivity index (χ1n) is 6.76. The molecule has 1 aromatic heterocycles. The first-order valence-corrected chi connectivity index (χ1v) is 8.79. The Morgan fingerprint density at radius 2 is 1.91 bits per heavy atom. The first-order chi connectivity index (χ1) is 10.5. The number of sulfonamides is 1. The van der Waals surface area contributed by atoms with Gasteiger partial charge in [0.1, 0.15) is 5.15 Å². The topological polar surface area (TPSA) is 79.3 Å². The molecule has 0 aliphatic carbocycles. The predicted molar refractivity (Wildman–Crippen MR) is 85.9 cm³/mol. The molecule has 2 rings (SSSR count). The Kier molecular flexibility index (Phi) is 5.90. The van der Waals surface area contributed by atoms with Crippen molar-refractivity contribution in [3.63, 3.8) is 0 Å². The van der Waals surface area contributed by atoms with Gasteiger partial charge in [-0.15, -0.1) is 0 Å². The normalized spacial score (nSPS) is 13.0. The van der Waals surface area contributed by atoms with Crippen LogP contribution in [0.4, 0.5) is 0 Å². The summed E-state index contributed by atoms with van der Waals surface area (Å²) >= 11 is 5.68. The summed E-state index contributed by atoms with van der Waals surface area (Å²) in [6, 6.07) is 11.9. The number of nitrogens with zero attached hydrogens (tertiary/aromatic N) is 1. The molecule has 7 heteroatoms. The minimum atomic E-state index is -3.56. The molecular weight excluding hydrogens is 324 g/mol. The third kappa shape index (κ3) is 5.06. The van der Waals surface area contributed by atoms with Crippen LogP contribution in [-0.2, 0) is 15.8 Å². The number of nitrogens with one attached hydrogen (secondary N) is 1. The third-order valence-electron chi connectivity index (χ3n) is 3.09. The van der Waals surface area contributed by atoms with Crippen LogP contribution in [0.1, 0.15) is 23.6 Å². The maximum Gasteiger partial charge on any atom is 0.216 e. The SMILES string of the molecule is O=S(=O)(Cc1ccc(Cl)nc1)N[C@H](CCO)c1ccccc1. The van der Waals surface area contributed by atoms with E-state index in [1.54, 1.807) is 12.1 Å². The van der Waals surface area contributed by atoms with Gasteiger partial charge in [-0.2, -0.15) is 0 Å². The lowest BCUT2D eigenvalue weighted by molar-refractivity contribution is 0.272. The van der Waals surface area contributed by atoms with Gasteiger partial charge in [0.15, 0.2) is 0 Å². The highest BCUT2D eigenvalue weighted by Gasteiger charge is 2.19. The Labute approximate surface area is 135 Å². The van der Waals surface area contributed by atoms with Crippen molar-refractivity contribution >= 4 is 21.6 Å². The number of aliphatic hydroxyl groups is 1. The molecule has 118 valence electrons. The summed E-state index contributed by atoms with van der Waals surface area (Å²) in [6.07, 6.45) is 1.74. The molecule has 0 aliphatic rings. The fourth-order valence-electron chi connectivity index (χ4n) is 2.08. The second-order valence-corrected chi connectivity index (χ2v) is 6.98. The highest BCUT2D eigenvalue weighted by molar-refractivity contribution is 7.88. The average molecular weight is 341 g/mol. The maximum absolute atomic E-state index is 12.3. The molecule has 0 saturated heterocycles. The van der Waals surface area contributed by atoms with Crippen molar-refractivity contribution in [2.24, 2.45) is 0 Å². The quantitative estimate of drug-likeness (QED) is 0.758. The van der Waals surface area contributed by atoms with Crippen LogP contribution in [0.5, 0.6) is 0 Å². The lowest BCUT2D eigenvalue weighted by Crippen LogP contribution is -2.30. The second kappa shape index (κ2) is 7.69. The molecule has 2 aromatic rings. The van der Waals surface area contributed by atoms with Gasteiger partial charge < -0.3 is 5.11 Å². The van der Waals surface area contributed by atoms with E-state index < -0.39 is 16.1 Å². The Morgan fingerprint density at radius 3 is 2.50 bits per heavy atom. The number of hydrogen-bond donors (Lipinski definition) is 2. The summed E-state index contributed by atoms with van der Waals surface area (Å²) in [6.45, 7) is -0.107. The zero-order valence-corrected chi connectivity index (χ0v) is 13.4. The highest BCUT2D eigenvalue weighted by Crippen LogP contribution is 2.18. The second-order valence-electron chi connectivity index (χ2n) is 4.84. The molecule has 0 unspecified atom stereocenters. The molecule has 0 spiro atoms. The van der Waals surface area contributed by atoms with Crippen LogP contribution in [0.2, 0.25) is 5.15 Å². The van der Waals surface area contributed by atoms with E-state index >= 15 is 0 Å². The average Bonchev–Trinajstić information content (AvgIpc) is 2.50. The lowest BCUT2D eigenvalue weighted by atomic mass is 10.1. The fraction of sp³-hybridized carbons (Fsp3) is 0.267. The van der Waals surface area contributed by atoms with Crippen LogP contribution < -0.4 is 4.72 Å². The van der Waals surface area contributed by atoms with Gasteiger partial charge in [-0.3, -0.25) is 0 Å². The van der Waals surface area contributed by atoms with Crippen molar-refractivity contribution in [1.29, 1.82) is 0 Å².